The number of amides is 1. The molecule has 0 fully saturated rings. The van der Waals surface area contributed by atoms with Crippen molar-refractivity contribution in [2.24, 2.45) is 0 Å². The number of pyridine rings is 1. The second-order valence-corrected chi connectivity index (χ2v) is 7.33. The van der Waals surface area contributed by atoms with Crippen molar-refractivity contribution in [2.45, 2.75) is 20.0 Å². The Hall–Kier alpha value is -3.86. The predicted molar refractivity (Wildman–Crippen MR) is 108 cm³/mol. The van der Waals surface area contributed by atoms with Crippen molar-refractivity contribution in [1.82, 2.24) is 44.3 Å². The molecule has 12 heteroatoms. The van der Waals surface area contributed by atoms with Gasteiger partial charge in [0.15, 0.2) is 17.2 Å². The van der Waals surface area contributed by atoms with Gasteiger partial charge < -0.3 is 9.72 Å². The summed E-state index contributed by atoms with van der Waals surface area (Å²) in [5.41, 5.74) is 3.19. The van der Waals surface area contributed by atoms with E-state index >= 15 is 0 Å². The molecule has 0 aliphatic carbocycles. The fourth-order valence-corrected chi connectivity index (χ4v) is 3.40. The number of aryl methyl sites for hydroxylation is 1. The molecule has 0 unspecified atom stereocenters. The summed E-state index contributed by atoms with van der Waals surface area (Å²) in [6, 6.07) is 3.32. The Labute approximate surface area is 179 Å². The van der Waals surface area contributed by atoms with E-state index in [0.29, 0.717) is 12.2 Å². The van der Waals surface area contributed by atoms with Crippen molar-refractivity contribution < 1.29 is 9.18 Å². The molecule has 0 spiro atoms. The summed E-state index contributed by atoms with van der Waals surface area (Å²) < 4.78 is 19.0. The van der Waals surface area contributed by atoms with Gasteiger partial charge in [-0.25, -0.2) is 23.6 Å². The van der Waals surface area contributed by atoms with Crippen LogP contribution in [0, 0.1) is 12.7 Å². The molecule has 156 valence electrons. The molecule has 1 amide bonds. The topological polar surface area (TPSA) is 107 Å². The van der Waals surface area contributed by atoms with Crippen LogP contribution < -0.4 is 5.32 Å². The number of halogens is 2. The first kappa shape index (κ1) is 19.1. The number of carbonyl (C=O) groups is 1. The molecule has 0 bridgehead atoms. The average Bonchev–Trinajstić information content (AvgIpc) is 3.48. The van der Waals surface area contributed by atoms with Crippen molar-refractivity contribution in [3.63, 3.8) is 0 Å². The maximum Gasteiger partial charge on any atom is 0.273 e. The first-order chi connectivity index (χ1) is 15.0. The van der Waals surface area contributed by atoms with Gasteiger partial charge in [-0.3, -0.25) is 4.79 Å². The molecule has 0 aliphatic rings. The van der Waals surface area contributed by atoms with Crippen LogP contribution in [0.2, 0.25) is 5.02 Å². The van der Waals surface area contributed by atoms with Crippen LogP contribution in [0.25, 0.3) is 11.2 Å². The summed E-state index contributed by atoms with van der Waals surface area (Å²) in [6.45, 7) is 2.30. The molecule has 0 radical (unpaired) electrons. The molecule has 5 aromatic heterocycles. The second-order valence-electron chi connectivity index (χ2n) is 6.92. The van der Waals surface area contributed by atoms with Gasteiger partial charge in [-0.2, -0.15) is 5.10 Å². The lowest BCUT2D eigenvalue weighted by Crippen LogP contribution is -2.23. The third-order valence-electron chi connectivity index (χ3n) is 4.79. The van der Waals surface area contributed by atoms with Crippen molar-refractivity contribution in [1.29, 1.82) is 0 Å². The number of carbonyl (C=O) groups excluding carboxylic acids is 1. The van der Waals surface area contributed by atoms with Crippen LogP contribution in [0.5, 0.6) is 0 Å². The van der Waals surface area contributed by atoms with Crippen molar-refractivity contribution >= 4 is 28.7 Å². The monoisotopic (exact) mass is 439 g/mol. The first-order valence-electron chi connectivity index (χ1n) is 9.27. The van der Waals surface area contributed by atoms with E-state index in [1.807, 2.05) is 13.0 Å². The van der Waals surface area contributed by atoms with Gasteiger partial charge in [0.1, 0.15) is 5.52 Å². The van der Waals surface area contributed by atoms with E-state index < -0.39 is 11.7 Å². The number of rotatable bonds is 5. The van der Waals surface area contributed by atoms with Crippen LogP contribution in [-0.4, -0.2) is 44.9 Å². The SMILES string of the molecule is Cc1ccnn2cc(Cn3cc(C(=O)NCc4ncn5ccc(Cl)c(F)c45)nn3)nc12. The summed E-state index contributed by atoms with van der Waals surface area (Å²) in [4.78, 5) is 21.1. The lowest BCUT2D eigenvalue weighted by Gasteiger charge is -2.03. The number of hydrogen-bond acceptors (Lipinski definition) is 6. The molecule has 0 saturated heterocycles. The van der Waals surface area contributed by atoms with Crippen LogP contribution in [0.4, 0.5) is 4.39 Å². The first-order valence-corrected chi connectivity index (χ1v) is 9.65. The lowest BCUT2D eigenvalue weighted by molar-refractivity contribution is 0.0945. The number of nitrogens with one attached hydrogen (secondary N) is 1. The van der Waals surface area contributed by atoms with Gasteiger partial charge in [0.25, 0.3) is 5.91 Å². The standard InChI is InChI=1S/C19H15ClFN9O/c1-11-2-4-24-30-8-12(25-18(11)30)7-29-9-15(26-27-29)19(31)22-6-14-17-16(21)13(20)3-5-28(17)10-23-14/h2-5,8-10H,6-7H2,1H3,(H,22,31). The minimum Gasteiger partial charge on any atom is -0.345 e. The molecule has 31 heavy (non-hydrogen) atoms. The van der Waals surface area contributed by atoms with Crippen molar-refractivity contribution in [3.8, 4) is 0 Å². The van der Waals surface area contributed by atoms with Gasteiger partial charge in [0.05, 0.1) is 48.2 Å². The highest BCUT2D eigenvalue weighted by atomic mass is 35.5. The van der Waals surface area contributed by atoms with Crippen LogP contribution in [0.1, 0.15) is 27.4 Å². The van der Waals surface area contributed by atoms with Crippen LogP contribution in [-0.2, 0) is 13.1 Å². The van der Waals surface area contributed by atoms with Gasteiger partial charge in [0, 0.05) is 12.4 Å². The van der Waals surface area contributed by atoms with E-state index in [2.05, 4.69) is 30.7 Å². The number of imidazole rings is 2. The van der Waals surface area contributed by atoms with Crippen molar-refractivity contribution in [2.75, 3.05) is 0 Å². The normalized spacial score (nSPS) is 11.5. The summed E-state index contributed by atoms with van der Waals surface area (Å²) in [7, 11) is 0. The Bertz CT molecular complexity index is 1440. The molecule has 5 heterocycles. The van der Waals surface area contributed by atoms with Gasteiger partial charge in [-0.05, 0) is 24.6 Å². The molecule has 5 aromatic rings. The Morgan fingerprint density at radius 1 is 1.29 bits per heavy atom. The largest absolute Gasteiger partial charge is 0.345 e. The highest BCUT2D eigenvalue weighted by Gasteiger charge is 2.16. The fraction of sp³-hybridized carbons (Fsp3) is 0.158. The van der Waals surface area contributed by atoms with E-state index in [0.717, 1.165) is 16.9 Å². The molecule has 5 rings (SSSR count). The van der Waals surface area contributed by atoms with Crippen LogP contribution >= 0.6 is 11.6 Å². The van der Waals surface area contributed by atoms with Crippen LogP contribution in [0.15, 0.2) is 43.2 Å². The number of fused-ring (bicyclic) bond motifs is 2. The molecule has 0 aromatic carbocycles. The molecule has 0 aliphatic heterocycles. The third-order valence-corrected chi connectivity index (χ3v) is 5.08. The average molecular weight is 440 g/mol. The molecule has 0 atom stereocenters. The van der Waals surface area contributed by atoms with Gasteiger partial charge in [-0.1, -0.05) is 16.8 Å². The molecule has 10 nitrogen and oxygen atoms in total. The zero-order valence-corrected chi connectivity index (χ0v) is 17.0. The molecule has 1 N–H and O–H groups in total. The van der Waals surface area contributed by atoms with E-state index in [1.165, 1.54) is 27.7 Å². The molecular formula is C19H15ClFN9O. The van der Waals surface area contributed by atoms with E-state index in [9.17, 15) is 9.18 Å². The van der Waals surface area contributed by atoms with Crippen LogP contribution in [0.3, 0.4) is 0 Å². The molecule has 0 saturated carbocycles. The Morgan fingerprint density at radius 3 is 3.00 bits per heavy atom. The van der Waals surface area contributed by atoms with Gasteiger partial charge in [-0.15, -0.1) is 5.10 Å². The minimum atomic E-state index is -0.589. The van der Waals surface area contributed by atoms with E-state index in [4.69, 9.17) is 11.6 Å². The number of aromatic nitrogens is 8. The maximum atomic E-state index is 14.3. The lowest BCUT2D eigenvalue weighted by atomic mass is 10.3. The highest BCUT2D eigenvalue weighted by Crippen LogP contribution is 2.21. The van der Waals surface area contributed by atoms with Gasteiger partial charge in [0.2, 0.25) is 0 Å². The third kappa shape index (κ3) is 3.48. The zero-order chi connectivity index (χ0) is 21.5. The van der Waals surface area contributed by atoms with Crippen molar-refractivity contribution in [3.05, 3.63) is 76.7 Å². The van der Waals surface area contributed by atoms with Gasteiger partial charge >= 0.3 is 0 Å². The quantitative estimate of drug-likeness (QED) is 0.449. The number of nitrogens with zero attached hydrogens (tertiary/aromatic N) is 8. The smallest absolute Gasteiger partial charge is 0.273 e. The number of hydrogen-bond donors (Lipinski definition) is 1. The Balaban J connectivity index is 1.29. The summed E-state index contributed by atoms with van der Waals surface area (Å²) >= 11 is 5.84. The Kier molecular flexibility index (Phi) is 4.59. The highest BCUT2D eigenvalue weighted by molar-refractivity contribution is 6.31. The zero-order valence-electron chi connectivity index (χ0n) is 16.2. The predicted octanol–water partition coefficient (Wildman–Crippen LogP) is 2.05. The fourth-order valence-electron chi connectivity index (χ4n) is 3.26. The maximum absolute atomic E-state index is 14.3. The Morgan fingerprint density at radius 2 is 2.16 bits per heavy atom. The summed E-state index contributed by atoms with van der Waals surface area (Å²) in [5, 5.41) is 14.8. The van der Waals surface area contributed by atoms with E-state index in [-0.39, 0.29) is 22.8 Å². The summed E-state index contributed by atoms with van der Waals surface area (Å²) in [5.74, 6) is -1.05. The van der Waals surface area contributed by atoms with E-state index in [1.54, 1.807) is 23.1 Å². The second kappa shape index (κ2) is 7.43. The summed E-state index contributed by atoms with van der Waals surface area (Å²) in [6.07, 6.45) is 8.07. The molecular weight excluding hydrogens is 425 g/mol. The minimum absolute atomic E-state index is 0.0108.